The minimum atomic E-state index is 0.555. The molecule has 0 spiro atoms. The summed E-state index contributed by atoms with van der Waals surface area (Å²) in [5.74, 6) is 0. The van der Waals surface area contributed by atoms with E-state index >= 15 is 0 Å². The van der Waals surface area contributed by atoms with Crippen LogP contribution in [-0.4, -0.2) is 12.6 Å². The predicted molar refractivity (Wildman–Crippen MR) is 78.1 cm³/mol. The van der Waals surface area contributed by atoms with Crippen LogP contribution in [0.1, 0.15) is 20.7 Å². The number of hydrogen-bond donors (Lipinski definition) is 0. The van der Waals surface area contributed by atoms with Crippen molar-refractivity contribution in [2.75, 3.05) is 0 Å². The van der Waals surface area contributed by atoms with Gasteiger partial charge in [0.1, 0.15) is 0 Å². The molecule has 0 saturated carbocycles. The molecule has 0 radical (unpaired) electrons. The third-order valence-electron chi connectivity index (χ3n) is 2.57. The van der Waals surface area contributed by atoms with Gasteiger partial charge in [0.15, 0.2) is 12.6 Å². The van der Waals surface area contributed by atoms with Crippen LogP contribution in [0.4, 0.5) is 0 Å². The monoisotopic (exact) mass is 366 g/mol. The molecule has 0 aliphatic heterocycles. The van der Waals surface area contributed by atoms with Crippen LogP contribution in [0.3, 0.4) is 0 Å². The van der Waals surface area contributed by atoms with Gasteiger partial charge >= 0.3 is 0 Å². The van der Waals surface area contributed by atoms with Crippen LogP contribution in [0, 0.1) is 0 Å². The Labute approximate surface area is 121 Å². The summed E-state index contributed by atoms with van der Waals surface area (Å²) < 4.78 is 1.72. The number of halogens is 2. The van der Waals surface area contributed by atoms with Crippen molar-refractivity contribution in [1.82, 2.24) is 0 Å². The number of aldehydes is 2. The zero-order valence-corrected chi connectivity index (χ0v) is 12.4. The van der Waals surface area contributed by atoms with E-state index in [1.54, 1.807) is 24.3 Å². The van der Waals surface area contributed by atoms with Crippen LogP contribution < -0.4 is 0 Å². The van der Waals surface area contributed by atoms with Crippen molar-refractivity contribution in [3.8, 4) is 11.1 Å². The molecule has 0 N–H and O–H groups in total. The first-order chi connectivity index (χ1) is 8.65. The van der Waals surface area contributed by atoms with Gasteiger partial charge in [-0.2, -0.15) is 0 Å². The second-order valence-electron chi connectivity index (χ2n) is 3.70. The highest BCUT2D eigenvalue weighted by molar-refractivity contribution is 9.10. The molecule has 90 valence electrons. The van der Waals surface area contributed by atoms with Gasteiger partial charge in [-0.25, -0.2) is 0 Å². The molecule has 0 unspecified atom stereocenters. The minimum absolute atomic E-state index is 0.555. The zero-order chi connectivity index (χ0) is 13.1. The Hall–Kier alpha value is -1.26. The quantitative estimate of drug-likeness (QED) is 0.748. The highest BCUT2D eigenvalue weighted by Gasteiger charge is 2.10. The largest absolute Gasteiger partial charge is 0.298 e. The normalized spacial score (nSPS) is 10.1. The van der Waals surface area contributed by atoms with Crippen LogP contribution in [-0.2, 0) is 0 Å². The number of carbonyl (C=O) groups is 2. The van der Waals surface area contributed by atoms with Crippen molar-refractivity contribution < 1.29 is 9.59 Å². The maximum absolute atomic E-state index is 11.1. The fourth-order valence-electron chi connectivity index (χ4n) is 1.73. The first-order valence-corrected chi connectivity index (χ1v) is 6.74. The fourth-order valence-corrected chi connectivity index (χ4v) is 2.45. The summed E-state index contributed by atoms with van der Waals surface area (Å²) in [6.45, 7) is 0. The number of hydrogen-bond acceptors (Lipinski definition) is 2. The Morgan fingerprint density at radius 2 is 1.11 bits per heavy atom. The van der Waals surface area contributed by atoms with Crippen molar-refractivity contribution >= 4 is 44.4 Å². The molecule has 2 aromatic rings. The molecule has 0 aromatic heterocycles. The lowest BCUT2D eigenvalue weighted by atomic mass is 9.96. The Balaban J connectivity index is 2.74. The standard InChI is InChI=1S/C14H8Br2O2/c15-11-3-1-9(7-17)13(5-11)14-6-12(16)4-2-10(14)8-18/h1-8H. The van der Waals surface area contributed by atoms with E-state index in [4.69, 9.17) is 0 Å². The van der Waals surface area contributed by atoms with E-state index in [9.17, 15) is 9.59 Å². The molecule has 0 aliphatic rings. The van der Waals surface area contributed by atoms with Crippen LogP contribution >= 0.6 is 31.9 Å². The second kappa shape index (κ2) is 5.59. The van der Waals surface area contributed by atoms with Gasteiger partial charge in [0.25, 0.3) is 0 Å². The summed E-state index contributed by atoms with van der Waals surface area (Å²) >= 11 is 6.74. The van der Waals surface area contributed by atoms with Crippen LogP contribution in [0.25, 0.3) is 11.1 Å². The summed E-state index contributed by atoms with van der Waals surface area (Å²) in [5.41, 5.74) is 2.59. The lowest BCUT2D eigenvalue weighted by molar-refractivity contribution is 0.111. The maximum atomic E-state index is 11.1. The van der Waals surface area contributed by atoms with Crippen molar-refractivity contribution in [3.63, 3.8) is 0 Å². The van der Waals surface area contributed by atoms with E-state index in [2.05, 4.69) is 31.9 Å². The van der Waals surface area contributed by atoms with E-state index in [1.807, 2.05) is 12.1 Å². The number of carbonyl (C=O) groups excluding carboxylic acids is 2. The molecule has 2 rings (SSSR count). The van der Waals surface area contributed by atoms with Gasteiger partial charge in [0, 0.05) is 20.1 Å². The maximum Gasteiger partial charge on any atom is 0.150 e. The van der Waals surface area contributed by atoms with Gasteiger partial charge in [-0.05, 0) is 47.5 Å². The lowest BCUT2D eigenvalue weighted by Crippen LogP contribution is -1.92. The van der Waals surface area contributed by atoms with E-state index in [0.29, 0.717) is 11.1 Å². The third kappa shape index (κ3) is 2.60. The third-order valence-corrected chi connectivity index (χ3v) is 3.56. The van der Waals surface area contributed by atoms with Crippen molar-refractivity contribution in [2.45, 2.75) is 0 Å². The molecule has 0 aliphatic carbocycles. The van der Waals surface area contributed by atoms with Gasteiger partial charge in [0.05, 0.1) is 0 Å². The summed E-state index contributed by atoms with van der Waals surface area (Å²) in [7, 11) is 0. The molecule has 4 heteroatoms. The van der Waals surface area contributed by atoms with Crippen LogP contribution in [0.15, 0.2) is 45.3 Å². The molecule has 2 aromatic carbocycles. The molecule has 2 nitrogen and oxygen atoms in total. The summed E-state index contributed by atoms with van der Waals surface area (Å²) in [6, 6.07) is 10.7. The van der Waals surface area contributed by atoms with E-state index in [1.165, 1.54) is 0 Å². The first-order valence-electron chi connectivity index (χ1n) is 5.15. The number of rotatable bonds is 3. The second-order valence-corrected chi connectivity index (χ2v) is 5.53. The molecule has 0 atom stereocenters. The molecule has 0 fully saturated rings. The SMILES string of the molecule is O=Cc1ccc(Br)cc1-c1cc(Br)ccc1C=O. The Kier molecular flexibility index (Phi) is 4.09. The Morgan fingerprint density at radius 3 is 1.44 bits per heavy atom. The van der Waals surface area contributed by atoms with Gasteiger partial charge in [0.2, 0.25) is 0 Å². The Bertz CT molecular complexity index is 566. The van der Waals surface area contributed by atoms with E-state index < -0.39 is 0 Å². The van der Waals surface area contributed by atoms with E-state index in [-0.39, 0.29) is 0 Å². The van der Waals surface area contributed by atoms with Gasteiger partial charge in [-0.1, -0.05) is 31.9 Å². The van der Waals surface area contributed by atoms with Gasteiger partial charge in [-0.15, -0.1) is 0 Å². The average Bonchev–Trinajstić information content (AvgIpc) is 2.38. The highest BCUT2D eigenvalue weighted by atomic mass is 79.9. The highest BCUT2D eigenvalue weighted by Crippen LogP contribution is 2.30. The molecule has 0 amide bonds. The predicted octanol–water partition coefficient (Wildman–Crippen LogP) is 4.50. The van der Waals surface area contributed by atoms with Gasteiger partial charge < -0.3 is 0 Å². The zero-order valence-electron chi connectivity index (χ0n) is 9.19. The topological polar surface area (TPSA) is 34.1 Å². The van der Waals surface area contributed by atoms with Crippen molar-refractivity contribution in [1.29, 1.82) is 0 Å². The molecule has 0 heterocycles. The van der Waals surface area contributed by atoms with Crippen LogP contribution in [0.5, 0.6) is 0 Å². The minimum Gasteiger partial charge on any atom is -0.298 e. The van der Waals surface area contributed by atoms with Crippen LogP contribution in [0.2, 0.25) is 0 Å². The fraction of sp³-hybridized carbons (Fsp3) is 0. The molecule has 0 bridgehead atoms. The molecule has 18 heavy (non-hydrogen) atoms. The average molecular weight is 368 g/mol. The van der Waals surface area contributed by atoms with Gasteiger partial charge in [-0.3, -0.25) is 9.59 Å². The van der Waals surface area contributed by atoms with Crippen molar-refractivity contribution in [3.05, 3.63) is 56.5 Å². The van der Waals surface area contributed by atoms with E-state index in [0.717, 1.165) is 32.6 Å². The molecular formula is C14H8Br2O2. The molecular weight excluding hydrogens is 360 g/mol. The Morgan fingerprint density at radius 1 is 0.722 bits per heavy atom. The summed E-state index contributed by atoms with van der Waals surface area (Å²) in [4.78, 5) is 22.2. The lowest BCUT2D eigenvalue weighted by Gasteiger charge is -2.09. The first kappa shape index (κ1) is 13.2. The summed E-state index contributed by atoms with van der Waals surface area (Å²) in [5, 5.41) is 0. The summed E-state index contributed by atoms with van der Waals surface area (Å²) in [6.07, 6.45) is 1.58. The number of benzene rings is 2. The molecule has 0 saturated heterocycles. The van der Waals surface area contributed by atoms with Crippen molar-refractivity contribution in [2.24, 2.45) is 0 Å². The smallest absolute Gasteiger partial charge is 0.150 e.